The van der Waals surface area contributed by atoms with Gasteiger partial charge in [-0.2, -0.15) is 0 Å². The van der Waals surface area contributed by atoms with Crippen LogP contribution in [0.25, 0.3) is 0 Å². The molecule has 1 rings (SSSR count). The van der Waals surface area contributed by atoms with Crippen LogP contribution in [0.1, 0.15) is 5.56 Å². The van der Waals surface area contributed by atoms with Crippen LogP contribution in [0.4, 0.5) is 4.39 Å². The summed E-state index contributed by atoms with van der Waals surface area (Å²) in [6.45, 7) is 3.63. The second kappa shape index (κ2) is 6.50. The van der Waals surface area contributed by atoms with Gasteiger partial charge in [-0.25, -0.2) is 4.39 Å². The van der Waals surface area contributed by atoms with Crippen LogP contribution in [0, 0.1) is 5.82 Å². The lowest BCUT2D eigenvalue weighted by atomic mass is 10.2. The average Bonchev–Trinajstić information content (AvgIpc) is 2.22. The zero-order chi connectivity index (χ0) is 11.1. The molecule has 3 nitrogen and oxygen atoms in total. The van der Waals surface area contributed by atoms with Gasteiger partial charge in [0.2, 0.25) is 0 Å². The Morgan fingerprint density at radius 1 is 1.00 bits per heavy atom. The van der Waals surface area contributed by atoms with E-state index >= 15 is 0 Å². The van der Waals surface area contributed by atoms with Crippen molar-refractivity contribution in [2.45, 2.75) is 6.54 Å². The van der Waals surface area contributed by atoms with Crippen LogP contribution in [0.15, 0.2) is 24.3 Å². The van der Waals surface area contributed by atoms with Gasteiger partial charge in [0.1, 0.15) is 5.82 Å². The Morgan fingerprint density at radius 3 is 2.00 bits per heavy atom. The predicted molar refractivity (Wildman–Crippen MR) is 59.8 cm³/mol. The van der Waals surface area contributed by atoms with Crippen LogP contribution in [-0.4, -0.2) is 31.1 Å². The van der Waals surface area contributed by atoms with E-state index in [9.17, 15) is 4.39 Å². The number of hydrogen-bond acceptors (Lipinski definition) is 3. The minimum Gasteiger partial charge on any atom is -0.329 e. The molecule has 0 aromatic heterocycles. The summed E-state index contributed by atoms with van der Waals surface area (Å²) in [4.78, 5) is 2.16. The lowest BCUT2D eigenvalue weighted by Crippen LogP contribution is -2.33. The molecule has 0 fully saturated rings. The Hall–Kier alpha value is -0.970. The molecule has 1 aromatic rings. The molecule has 0 aliphatic heterocycles. The first kappa shape index (κ1) is 12.1. The van der Waals surface area contributed by atoms with Gasteiger partial charge in [0.25, 0.3) is 0 Å². The highest BCUT2D eigenvalue weighted by Crippen LogP contribution is 2.05. The van der Waals surface area contributed by atoms with E-state index in [0.29, 0.717) is 13.1 Å². The van der Waals surface area contributed by atoms with Gasteiger partial charge in [0.05, 0.1) is 0 Å². The third-order valence-corrected chi connectivity index (χ3v) is 2.21. The summed E-state index contributed by atoms with van der Waals surface area (Å²) in [6, 6.07) is 6.52. The molecule has 0 heterocycles. The first-order valence-electron chi connectivity index (χ1n) is 5.13. The van der Waals surface area contributed by atoms with Crippen LogP contribution >= 0.6 is 0 Å². The fraction of sp³-hybridized carbons (Fsp3) is 0.455. The van der Waals surface area contributed by atoms with Crippen LogP contribution < -0.4 is 11.5 Å². The molecule has 0 bridgehead atoms. The molecular weight excluding hydrogens is 193 g/mol. The average molecular weight is 211 g/mol. The maximum Gasteiger partial charge on any atom is 0.123 e. The lowest BCUT2D eigenvalue weighted by Gasteiger charge is -2.20. The Bertz CT molecular complexity index is 268. The molecule has 0 spiro atoms. The summed E-state index contributed by atoms with van der Waals surface area (Å²) in [7, 11) is 0. The molecule has 0 atom stereocenters. The molecule has 4 N–H and O–H groups in total. The van der Waals surface area contributed by atoms with E-state index in [-0.39, 0.29) is 5.82 Å². The topological polar surface area (TPSA) is 55.3 Å². The molecule has 4 heteroatoms. The molecule has 15 heavy (non-hydrogen) atoms. The summed E-state index contributed by atoms with van der Waals surface area (Å²) < 4.78 is 12.7. The SMILES string of the molecule is NCCN(CCN)Cc1ccc(F)cc1. The van der Waals surface area contributed by atoms with Crippen LogP contribution in [0.5, 0.6) is 0 Å². The smallest absolute Gasteiger partial charge is 0.123 e. The molecule has 0 amide bonds. The minimum atomic E-state index is -0.206. The first-order chi connectivity index (χ1) is 7.26. The first-order valence-corrected chi connectivity index (χ1v) is 5.13. The van der Waals surface area contributed by atoms with Crippen molar-refractivity contribution in [1.82, 2.24) is 4.90 Å². The van der Waals surface area contributed by atoms with E-state index in [4.69, 9.17) is 11.5 Å². The van der Waals surface area contributed by atoms with Crippen molar-refractivity contribution in [2.75, 3.05) is 26.2 Å². The monoisotopic (exact) mass is 211 g/mol. The van der Waals surface area contributed by atoms with Gasteiger partial charge in [-0.1, -0.05) is 12.1 Å². The largest absolute Gasteiger partial charge is 0.329 e. The summed E-state index contributed by atoms with van der Waals surface area (Å²) in [5, 5.41) is 0. The number of nitrogens with two attached hydrogens (primary N) is 2. The quantitative estimate of drug-likeness (QED) is 0.722. The molecule has 1 aromatic carbocycles. The van der Waals surface area contributed by atoms with E-state index in [1.807, 2.05) is 0 Å². The van der Waals surface area contributed by atoms with E-state index in [0.717, 1.165) is 25.2 Å². The minimum absolute atomic E-state index is 0.206. The van der Waals surface area contributed by atoms with Crippen LogP contribution in [0.3, 0.4) is 0 Å². The van der Waals surface area contributed by atoms with Crippen molar-refractivity contribution in [3.8, 4) is 0 Å². The number of benzene rings is 1. The third kappa shape index (κ3) is 4.38. The molecule has 0 aliphatic carbocycles. The summed E-state index contributed by atoms with van der Waals surface area (Å²) in [5.41, 5.74) is 12.1. The maximum atomic E-state index is 12.7. The van der Waals surface area contributed by atoms with Crippen molar-refractivity contribution in [3.63, 3.8) is 0 Å². The van der Waals surface area contributed by atoms with Gasteiger partial charge in [-0.05, 0) is 17.7 Å². The van der Waals surface area contributed by atoms with Crippen molar-refractivity contribution in [1.29, 1.82) is 0 Å². The Kier molecular flexibility index (Phi) is 5.25. The second-order valence-corrected chi connectivity index (χ2v) is 3.48. The number of rotatable bonds is 6. The fourth-order valence-corrected chi connectivity index (χ4v) is 1.48. The van der Waals surface area contributed by atoms with E-state index in [2.05, 4.69) is 4.90 Å². The number of nitrogens with zero attached hydrogens (tertiary/aromatic N) is 1. The van der Waals surface area contributed by atoms with E-state index < -0.39 is 0 Å². The normalized spacial score (nSPS) is 10.9. The number of halogens is 1. The zero-order valence-electron chi connectivity index (χ0n) is 8.82. The molecular formula is C11H18FN3. The summed E-state index contributed by atoms with van der Waals surface area (Å²) >= 11 is 0. The number of hydrogen-bond donors (Lipinski definition) is 2. The van der Waals surface area contributed by atoms with Crippen LogP contribution in [0.2, 0.25) is 0 Å². The highest BCUT2D eigenvalue weighted by Gasteiger charge is 2.03. The summed E-state index contributed by atoms with van der Waals surface area (Å²) in [6.07, 6.45) is 0. The Labute approximate surface area is 89.9 Å². The molecule has 0 aliphatic rings. The molecule has 0 saturated heterocycles. The van der Waals surface area contributed by atoms with E-state index in [1.54, 1.807) is 12.1 Å². The van der Waals surface area contributed by atoms with Crippen molar-refractivity contribution < 1.29 is 4.39 Å². The van der Waals surface area contributed by atoms with Gasteiger partial charge in [0, 0.05) is 32.7 Å². The van der Waals surface area contributed by atoms with E-state index in [1.165, 1.54) is 12.1 Å². The standard InChI is InChI=1S/C11H18FN3/c12-11-3-1-10(2-4-11)9-15(7-5-13)8-6-14/h1-4H,5-9,13-14H2. The molecule has 84 valence electrons. The van der Waals surface area contributed by atoms with Gasteiger partial charge in [-0.3, -0.25) is 4.90 Å². The molecule has 0 saturated carbocycles. The van der Waals surface area contributed by atoms with Gasteiger partial charge in [0.15, 0.2) is 0 Å². The lowest BCUT2D eigenvalue weighted by molar-refractivity contribution is 0.281. The van der Waals surface area contributed by atoms with Gasteiger partial charge in [-0.15, -0.1) is 0 Å². The Balaban J connectivity index is 2.53. The predicted octanol–water partition coefficient (Wildman–Crippen LogP) is 0.545. The summed E-state index contributed by atoms with van der Waals surface area (Å²) in [5.74, 6) is -0.206. The fourth-order valence-electron chi connectivity index (χ4n) is 1.48. The molecule has 0 radical (unpaired) electrons. The zero-order valence-corrected chi connectivity index (χ0v) is 8.82. The molecule has 0 unspecified atom stereocenters. The van der Waals surface area contributed by atoms with Crippen molar-refractivity contribution in [2.24, 2.45) is 11.5 Å². The van der Waals surface area contributed by atoms with Crippen LogP contribution in [-0.2, 0) is 6.54 Å². The van der Waals surface area contributed by atoms with Gasteiger partial charge < -0.3 is 11.5 Å². The second-order valence-electron chi connectivity index (χ2n) is 3.48. The Morgan fingerprint density at radius 2 is 1.53 bits per heavy atom. The van der Waals surface area contributed by atoms with Gasteiger partial charge >= 0.3 is 0 Å². The maximum absolute atomic E-state index is 12.7. The highest BCUT2D eigenvalue weighted by molar-refractivity contribution is 5.15. The third-order valence-electron chi connectivity index (χ3n) is 2.21. The van der Waals surface area contributed by atoms with Crippen molar-refractivity contribution in [3.05, 3.63) is 35.6 Å². The van der Waals surface area contributed by atoms with Crippen molar-refractivity contribution >= 4 is 0 Å². The highest BCUT2D eigenvalue weighted by atomic mass is 19.1.